The van der Waals surface area contributed by atoms with Gasteiger partial charge in [-0.1, -0.05) is 22.9 Å². The number of ether oxygens (including phenoxy) is 1. The molecule has 1 atom stereocenters. The number of alkyl halides is 1. The van der Waals surface area contributed by atoms with E-state index in [-0.39, 0.29) is 10.7 Å². The third kappa shape index (κ3) is 4.16. The summed E-state index contributed by atoms with van der Waals surface area (Å²) in [6, 6.07) is 3.55. The molecular weight excluding hydrogens is 286 g/mol. The molecule has 0 saturated heterocycles. The molecule has 0 aromatic carbocycles. The fourth-order valence-corrected chi connectivity index (χ4v) is 2.18. The van der Waals surface area contributed by atoms with E-state index in [9.17, 15) is 4.79 Å². The molecule has 4 nitrogen and oxygen atoms in total. The lowest BCUT2D eigenvalue weighted by atomic mass is 10.3. The first-order valence-corrected chi connectivity index (χ1v) is 6.47. The number of furan rings is 1. The van der Waals surface area contributed by atoms with Crippen LogP contribution in [0.2, 0.25) is 0 Å². The summed E-state index contributed by atoms with van der Waals surface area (Å²) < 4.78 is 10.4. The lowest BCUT2D eigenvalue weighted by Crippen LogP contribution is -2.33. The fourth-order valence-electron chi connectivity index (χ4n) is 1.48. The molecule has 17 heavy (non-hydrogen) atoms. The van der Waals surface area contributed by atoms with Crippen LogP contribution in [0.4, 0.5) is 0 Å². The molecule has 0 saturated carbocycles. The highest BCUT2D eigenvalue weighted by atomic mass is 79.9. The van der Waals surface area contributed by atoms with Crippen LogP contribution in [0.3, 0.4) is 0 Å². The van der Waals surface area contributed by atoms with E-state index in [0.717, 1.165) is 12.2 Å². The Kier molecular flexibility index (Phi) is 5.71. The minimum absolute atomic E-state index is 0.106. The molecule has 0 spiro atoms. The Morgan fingerprint density at radius 1 is 1.59 bits per heavy atom. The molecule has 0 N–H and O–H groups in total. The number of rotatable bonds is 6. The number of methoxy groups -OCH3 is 1. The van der Waals surface area contributed by atoms with Gasteiger partial charge in [0, 0.05) is 27.1 Å². The van der Waals surface area contributed by atoms with Gasteiger partial charge in [0.15, 0.2) is 5.76 Å². The third-order valence-corrected chi connectivity index (χ3v) is 2.94. The number of carbonyl (C=O) groups excluding carboxylic acids is 1. The topological polar surface area (TPSA) is 42.7 Å². The van der Waals surface area contributed by atoms with Crippen LogP contribution >= 0.6 is 15.9 Å². The van der Waals surface area contributed by atoms with Crippen molar-refractivity contribution in [3.8, 4) is 0 Å². The Balaban J connectivity index is 2.57. The molecule has 1 amide bonds. The molecule has 1 unspecified atom stereocenters. The molecule has 96 valence electrons. The van der Waals surface area contributed by atoms with Gasteiger partial charge >= 0.3 is 0 Å². The van der Waals surface area contributed by atoms with E-state index >= 15 is 0 Å². The molecule has 1 aromatic heterocycles. The van der Waals surface area contributed by atoms with E-state index in [1.165, 1.54) is 0 Å². The summed E-state index contributed by atoms with van der Waals surface area (Å²) in [5.74, 6) is 1.11. The van der Waals surface area contributed by atoms with Crippen molar-refractivity contribution in [2.45, 2.75) is 18.2 Å². The Morgan fingerprint density at radius 2 is 2.29 bits per heavy atom. The van der Waals surface area contributed by atoms with Gasteiger partial charge in [0.2, 0.25) is 0 Å². The monoisotopic (exact) mass is 303 g/mol. The maximum Gasteiger partial charge on any atom is 0.289 e. The van der Waals surface area contributed by atoms with Gasteiger partial charge in [-0.25, -0.2) is 0 Å². The van der Waals surface area contributed by atoms with E-state index in [0.29, 0.717) is 18.9 Å². The van der Waals surface area contributed by atoms with Crippen LogP contribution in [0.5, 0.6) is 0 Å². The maximum atomic E-state index is 12.0. The van der Waals surface area contributed by atoms with E-state index in [4.69, 9.17) is 9.15 Å². The highest BCUT2D eigenvalue weighted by Gasteiger charge is 2.18. The normalized spacial score (nSPS) is 12.5. The zero-order valence-electron chi connectivity index (χ0n) is 10.4. The molecule has 5 heteroatoms. The SMILES string of the molecule is CCc1ccc(C(=O)N(C)CC(Br)COC)o1. The Morgan fingerprint density at radius 3 is 2.82 bits per heavy atom. The molecule has 0 radical (unpaired) electrons. The standard InChI is InChI=1S/C12H18BrNO3/c1-4-10-5-6-11(17-10)12(15)14(2)7-9(13)8-16-3/h5-6,9H,4,7-8H2,1-3H3. The number of amides is 1. The number of hydrogen-bond acceptors (Lipinski definition) is 3. The summed E-state index contributed by atoms with van der Waals surface area (Å²) in [5, 5.41) is 0. The van der Waals surface area contributed by atoms with E-state index < -0.39 is 0 Å². The van der Waals surface area contributed by atoms with Crippen molar-refractivity contribution in [1.82, 2.24) is 4.90 Å². The van der Waals surface area contributed by atoms with Crippen LogP contribution in [0, 0.1) is 0 Å². The van der Waals surface area contributed by atoms with Crippen molar-refractivity contribution >= 4 is 21.8 Å². The zero-order valence-corrected chi connectivity index (χ0v) is 12.0. The van der Waals surface area contributed by atoms with Crippen molar-refractivity contribution in [3.63, 3.8) is 0 Å². The largest absolute Gasteiger partial charge is 0.456 e. The van der Waals surface area contributed by atoms with Gasteiger partial charge in [-0.2, -0.15) is 0 Å². The third-order valence-electron chi connectivity index (χ3n) is 2.39. The lowest BCUT2D eigenvalue weighted by Gasteiger charge is -2.19. The van der Waals surface area contributed by atoms with Crippen LogP contribution in [-0.4, -0.2) is 42.9 Å². The zero-order chi connectivity index (χ0) is 12.8. The quantitative estimate of drug-likeness (QED) is 0.758. The first-order valence-electron chi connectivity index (χ1n) is 5.55. The average molecular weight is 304 g/mol. The van der Waals surface area contributed by atoms with E-state index in [2.05, 4.69) is 15.9 Å². The summed E-state index contributed by atoms with van der Waals surface area (Å²) >= 11 is 3.45. The molecular formula is C12H18BrNO3. The Bertz CT molecular complexity index is 364. The van der Waals surface area contributed by atoms with Crippen LogP contribution in [-0.2, 0) is 11.2 Å². The van der Waals surface area contributed by atoms with Crippen LogP contribution < -0.4 is 0 Å². The molecule has 1 aromatic rings. The van der Waals surface area contributed by atoms with Crippen LogP contribution in [0.25, 0.3) is 0 Å². The molecule has 0 aliphatic rings. The highest BCUT2D eigenvalue weighted by molar-refractivity contribution is 9.09. The molecule has 1 heterocycles. The Labute approximate surface area is 110 Å². The predicted octanol–water partition coefficient (Wildman–Crippen LogP) is 2.32. The highest BCUT2D eigenvalue weighted by Crippen LogP contribution is 2.12. The van der Waals surface area contributed by atoms with E-state index in [1.54, 1.807) is 25.1 Å². The van der Waals surface area contributed by atoms with Gasteiger partial charge in [0.1, 0.15) is 5.76 Å². The summed E-state index contributed by atoms with van der Waals surface area (Å²) in [7, 11) is 3.39. The van der Waals surface area contributed by atoms with Gasteiger partial charge in [-0.05, 0) is 12.1 Å². The number of carbonyl (C=O) groups is 1. The minimum Gasteiger partial charge on any atom is -0.456 e. The lowest BCUT2D eigenvalue weighted by molar-refractivity contribution is 0.0751. The molecule has 0 bridgehead atoms. The number of halogens is 1. The number of hydrogen-bond donors (Lipinski definition) is 0. The van der Waals surface area contributed by atoms with Gasteiger partial charge < -0.3 is 14.1 Å². The molecule has 0 fully saturated rings. The van der Waals surface area contributed by atoms with Crippen LogP contribution in [0.15, 0.2) is 16.5 Å². The van der Waals surface area contributed by atoms with Crippen LogP contribution in [0.1, 0.15) is 23.2 Å². The smallest absolute Gasteiger partial charge is 0.289 e. The van der Waals surface area contributed by atoms with Crippen molar-refractivity contribution < 1.29 is 13.9 Å². The maximum absolute atomic E-state index is 12.0. The average Bonchev–Trinajstić information content (AvgIpc) is 2.76. The second-order valence-corrected chi connectivity index (χ2v) is 5.15. The van der Waals surface area contributed by atoms with Gasteiger partial charge in [-0.15, -0.1) is 0 Å². The second kappa shape index (κ2) is 6.81. The summed E-state index contributed by atoms with van der Waals surface area (Å²) in [4.78, 5) is 13.7. The summed E-state index contributed by atoms with van der Waals surface area (Å²) in [5.41, 5.74) is 0. The van der Waals surface area contributed by atoms with Crippen molar-refractivity contribution in [2.24, 2.45) is 0 Å². The van der Waals surface area contributed by atoms with Crippen molar-refractivity contribution in [3.05, 3.63) is 23.7 Å². The fraction of sp³-hybridized carbons (Fsp3) is 0.583. The Hall–Kier alpha value is -0.810. The first kappa shape index (κ1) is 14.3. The van der Waals surface area contributed by atoms with Crippen molar-refractivity contribution in [1.29, 1.82) is 0 Å². The molecule has 0 aliphatic heterocycles. The second-order valence-electron chi connectivity index (χ2n) is 3.86. The number of aryl methyl sites for hydroxylation is 1. The minimum atomic E-state index is -0.106. The molecule has 1 rings (SSSR count). The van der Waals surface area contributed by atoms with Gasteiger partial charge in [0.05, 0.1) is 11.4 Å². The summed E-state index contributed by atoms with van der Waals surface area (Å²) in [6.45, 7) is 3.13. The summed E-state index contributed by atoms with van der Waals surface area (Å²) in [6.07, 6.45) is 0.793. The predicted molar refractivity (Wildman–Crippen MR) is 69.6 cm³/mol. The first-order chi connectivity index (χ1) is 8.08. The van der Waals surface area contributed by atoms with Gasteiger partial charge in [-0.3, -0.25) is 4.79 Å². The van der Waals surface area contributed by atoms with E-state index in [1.807, 2.05) is 13.0 Å². The number of nitrogens with zero attached hydrogens (tertiary/aromatic N) is 1. The van der Waals surface area contributed by atoms with Crippen molar-refractivity contribution in [2.75, 3.05) is 27.3 Å². The molecule has 0 aliphatic carbocycles. The van der Waals surface area contributed by atoms with Gasteiger partial charge in [0.25, 0.3) is 5.91 Å².